The second kappa shape index (κ2) is 6.98. The van der Waals surface area contributed by atoms with E-state index in [4.69, 9.17) is 13.8 Å². The molecule has 1 aromatic heterocycles. The Morgan fingerprint density at radius 2 is 1.35 bits per heavy atom. The Bertz CT molecular complexity index is 742. The fourth-order valence-electron chi connectivity index (χ4n) is 2.25. The van der Waals surface area contributed by atoms with E-state index in [1.165, 1.54) is 0 Å². The van der Waals surface area contributed by atoms with Crippen LogP contribution in [0.5, 0.6) is 0 Å². The van der Waals surface area contributed by atoms with Crippen molar-refractivity contribution in [3.63, 3.8) is 0 Å². The Morgan fingerprint density at radius 1 is 0.826 bits per heavy atom. The maximum atomic E-state index is 12.5. The second-order valence-corrected chi connectivity index (χ2v) is 13.0. The fourth-order valence-corrected chi connectivity index (χ4v) is 8.48. The number of nitrogens with zero attached hydrogens (tertiary/aromatic N) is 1. The first-order valence-corrected chi connectivity index (χ1v) is 12.9. The zero-order chi connectivity index (χ0) is 16.1. The molecule has 0 unspecified atom stereocenters. The van der Waals surface area contributed by atoms with Gasteiger partial charge in [0.05, 0.1) is 0 Å². The van der Waals surface area contributed by atoms with Gasteiger partial charge in [0.2, 0.25) is 0 Å². The molecule has 23 heavy (non-hydrogen) atoms. The second-order valence-electron chi connectivity index (χ2n) is 4.93. The van der Waals surface area contributed by atoms with Gasteiger partial charge in [-0.05, 0) is 0 Å². The Hall–Kier alpha value is -2.11. The summed E-state index contributed by atoms with van der Waals surface area (Å²) in [4.78, 5) is 16.5. The molecular formula is C18H14ClGeNO2. The van der Waals surface area contributed by atoms with Crippen molar-refractivity contribution >= 4 is 37.4 Å². The number of benzene rings is 2. The molecule has 0 aliphatic rings. The van der Waals surface area contributed by atoms with Gasteiger partial charge in [0.15, 0.2) is 0 Å². The van der Waals surface area contributed by atoms with Crippen LogP contribution in [0.2, 0.25) is 0 Å². The van der Waals surface area contributed by atoms with Gasteiger partial charge in [0, 0.05) is 0 Å². The van der Waals surface area contributed by atoms with Crippen molar-refractivity contribution in [3.8, 4) is 0 Å². The third-order valence-corrected chi connectivity index (χ3v) is 11.6. The van der Waals surface area contributed by atoms with Crippen molar-refractivity contribution in [2.75, 3.05) is 0 Å². The summed E-state index contributed by atoms with van der Waals surface area (Å²) in [5.41, 5.74) is 0.259. The van der Waals surface area contributed by atoms with E-state index in [0.29, 0.717) is 0 Å². The Balaban J connectivity index is 2.01. The van der Waals surface area contributed by atoms with Gasteiger partial charge in [-0.1, -0.05) is 0 Å². The van der Waals surface area contributed by atoms with Crippen molar-refractivity contribution in [1.29, 1.82) is 0 Å². The molecule has 3 nitrogen and oxygen atoms in total. The van der Waals surface area contributed by atoms with Crippen molar-refractivity contribution in [2.45, 2.75) is 0 Å². The number of aromatic nitrogens is 1. The predicted molar refractivity (Wildman–Crippen MR) is 93.4 cm³/mol. The average Bonchev–Trinajstić information content (AvgIpc) is 2.64. The molecule has 0 amide bonds. The summed E-state index contributed by atoms with van der Waals surface area (Å²) < 4.78 is 7.58. The summed E-state index contributed by atoms with van der Waals surface area (Å²) in [5.74, 6) is -0.492. The SMILES string of the molecule is O=C([O][Ge]([Cl])([c]1ccccc1)[c]1ccccc1)c1ccccn1. The molecule has 0 saturated heterocycles. The molecule has 0 fully saturated rings. The van der Waals surface area contributed by atoms with Gasteiger partial charge in [0.25, 0.3) is 0 Å². The maximum absolute atomic E-state index is 12.5. The van der Waals surface area contributed by atoms with Gasteiger partial charge in [-0.2, -0.15) is 0 Å². The van der Waals surface area contributed by atoms with Gasteiger partial charge < -0.3 is 0 Å². The first-order chi connectivity index (χ1) is 11.2. The van der Waals surface area contributed by atoms with Crippen LogP contribution in [0.4, 0.5) is 0 Å². The zero-order valence-corrected chi connectivity index (χ0v) is 15.1. The van der Waals surface area contributed by atoms with Crippen LogP contribution < -0.4 is 8.79 Å². The van der Waals surface area contributed by atoms with Crippen LogP contribution in [0.3, 0.4) is 0 Å². The minimum absolute atomic E-state index is 0.259. The van der Waals surface area contributed by atoms with Crippen molar-refractivity contribution in [1.82, 2.24) is 4.98 Å². The first kappa shape index (κ1) is 15.8. The third-order valence-electron chi connectivity index (χ3n) is 3.40. The van der Waals surface area contributed by atoms with Crippen LogP contribution in [0.15, 0.2) is 85.1 Å². The quantitative estimate of drug-likeness (QED) is 0.650. The van der Waals surface area contributed by atoms with Crippen LogP contribution in [0.25, 0.3) is 0 Å². The number of halogens is 1. The normalized spacial score (nSPS) is 11.0. The summed E-state index contributed by atoms with van der Waals surface area (Å²) in [5, 5.41) is 0. The topological polar surface area (TPSA) is 39.2 Å². The summed E-state index contributed by atoms with van der Waals surface area (Å²) in [6.45, 7) is 0. The molecule has 5 heteroatoms. The third kappa shape index (κ3) is 3.46. The molecule has 0 bridgehead atoms. The molecule has 0 aliphatic heterocycles. The van der Waals surface area contributed by atoms with Crippen LogP contribution in [0.1, 0.15) is 10.5 Å². The molecule has 3 aromatic rings. The standard InChI is InChI=1S/C18H14ClGeNO2/c19-20(15-9-3-1-4-10-15,16-11-5-2-6-12-16)23-18(22)17-13-7-8-14-21-17/h1-14H. The predicted octanol–water partition coefficient (Wildman–Crippen LogP) is 2.73. The monoisotopic (exact) mass is 385 g/mol. The van der Waals surface area contributed by atoms with Crippen LogP contribution >= 0.6 is 10.0 Å². The molecule has 0 atom stereocenters. The Labute approximate surface area is 141 Å². The van der Waals surface area contributed by atoms with E-state index in [-0.39, 0.29) is 5.69 Å². The van der Waals surface area contributed by atoms with Crippen molar-refractivity contribution in [3.05, 3.63) is 90.8 Å². The van der Waals surface area contributed by atoms with E-state index in [0.717, 1.165) is 8.79 Å². The molecule has 3 rings (SSSR count). The van der Waals surface area contributed by atoms with E-state index >= 15 is 0 Å². The molecule has 0 N–H and O–H groups in total. The summed E-state index contributed by atoms with van der Waals surface area (Å²) in [6, 6.07) is 24.2. The first-order valence-electron chi connectivity index (χ1n) is 7.14. The number of hydrogen-bond donors (Lipinski definition) is 0. The van der Waals surface area contributed by atoms with Gasteiger partial charge in [0.1, 0.15) is 0 Å². The van der Waals surface area contributed by atoms with E-state index in [1.54, 1.807) is 24.4 Å². The van der Waals surface area contributed by atoms with Crippen LogP contribution in [-0.2, 0) is 3.76 Å². The van der Waals surface area contributed by atoms with Gasteiger partial charge in [-0.3, -0.25) is 0 Å². The average molecular weight is 384 g/mol. The number of carbonyl (C=O) groups is 1. The Morgan fingerprint density at radius 3 is 1.83 bits per heavy atom. The van der Waals surface area contributed by atoms with Gasteiger partial charge in [-0.15, -0.1) is 0 Å². The molecule has 0 saturated carbocycles. The number of carbonyl (C=O) groups excluding carboxylic acids is 1. The van der Waals surface area contributed by atoms with E-state index in [1.807, 2.05) is 60.7 Å². The summed E-state index contributed by atoms with van der Waals surface area (Å²) in [7, 11) is 6.95. The van der Waals surface area contributed by atoms with Gasteiger partial charge in [-0.25, -0.2) is 0 Å². The van der Waals surface area contributed by atoms with Crippen LogP contribution in [-0.4, -0.2) is 23.6 Å². The van der Waals surface area contributed by atoms with Crippen LogP contribution in [0, 0.1) is 0 Å². The van der Waals surface area contributed by atoms with Crippen molar-refractivity contribution in [2.24, 2.45) is 0 Å². The summed E-state index contributed by atoms with van der Waals surface area (Å²) in [6.07, 6.45) is 1.56. The molecule has 1 heterocycles. The number of rotatable bonds is 4. The number of pyridine rings is 1. The van der Waals surface area contributed by atoms with E-state index in [9.17, 15) is 4.79 Å². The van der Waals surface area contributed by atoms with E-state index < -0.39 is 18.6 Å². The molecule has 0 radical (unpaired) electrons. The molecule has 0 aliphatic carbocycles. The molecule has 0 spiro atoms. The minimum atomic E-state index is -3.78. The van der Waals surface area contributed by atoms with E-state index in [2.05, 4.69) is 4.98 Å². The fraction of sp³-hybridized carbons (Fsp3) is 0. The number of hydrogen-bond acceptors (Lipinski definition) is 3. The summed E-state index contributed by atoms with van der Waals surface area (Å²) >= 11 is -3.78. The van der Waals surface area contributed by atoms with Crippen molar-refractivity contribution < 1.29 is 8.56 Å². The zero-order valence-electron chi connectivity index (χ0n) is 12.2. The van der Waals surface area contributed by atoms with Gasteiger partial charge >= 0.3 is 142 Å². The Kier molecular flexibility index (Phi) is 4.79. The molecule has 2 aromatic carbocycles. The molecular weight excluding hydrogens is 370 g/mol. The molecule has 114 valence electrons.